The molecular formula is C9H20N2O. The molecule has 1 saturated heterocycles. The van der Waals surface area contributed by atoms with Crippen molar-refractivity contribution in [3.63, 3.8) is 0 Å². The Balaban J connectivity index is 1.93. The van der Waals surface area contributed by atoms with Gasteiger partial charge in [-0.05, 0) is 20.9 Å². The molecule has 0 bridgehead atoms. The summed E-state index contributed by atoms with van der Waals surface area (Å²) in [6.07, 6.45) is 0.477. The average molecular weight is 172 g/mol. The third kappa shape index (κ3) is 3.09. The zero-order chi connectivity index (χ0) is 8.97. The fourth-order valence-corrected chi connectivity index (χ4v) is 1.00. The number of ether oxygens (including phenoxy) is 1. The summed E-state index contributed by atoms with van der Waals surface area (Å²) in [6.45, 7) is 8.36. The lowest BCUT2D eigenvalue weighted by Gasteiger charge is -2.28. The first-order valence-electron chi connectivity index (χ1n) is 4.72. The lowest BCUT2D eigenvalue weighted by atomic mass is 10.2. The van der Waals surface area contributed by atoms with E-state index in [4.69, 9.17) is 4.74 Å². The van der Waals surface area contributed by atoms with E-state index < -0.39 is 0 Å². The number of hydrogen-bond acceptors (Lipinski definition) is 3. The molecule has 0 amide bonds. The largest absolute Gasteiger partial charge is 0.374 e. The van der Waals surface area contributed by atoms with Crippen LogP contribution in [-0.4, -0.2) is 50.3 Å². The van der Waals surface area contributed by atoms with Crippen LogP contribution in [0.1, 0.15) is 13.8 Å². The minimum Gasteiger partial charge on any atom is -0.374 e. The minimum atomic E-state index is 0.477. The Labute approximate surface area is 75.1 Å². The zero-order valence-corrected chi connectivity index (χ0v) is 8.34. The molecule has 0 spiro atoms. The van der Waals surface area contributed by atoms with Gasteiger partial charge in [-0.25, -0.2) is 0 Å². The normalized spacial score (nSPS) is 18.8. The van der Waals surface area contributed by atoms with Gasteiger partial charge in [0.25, 0.3) is 0 Å². The van der Waals surface area contributed by atoms with Gasteiger partial charge in [0, 0.05) is 25.7 Å². The highest BCUT2D eigenvalue weighted by Crippen LogP contribution is 1.99. The van der Waals surface area contributed by atoms with Crippen molar-refractivity contribution < 1.29 is 4.74 Å². The second-order valence-electron chi connectivity index (χ2n) is 3.73. The predicted molar refractivity (Wildman–Crippen MR) is 50.4 cm³/mol. The Hall–Kier alpha value is -0.120. The molecule has 12 heavy (non-hydrogen) atoms. The van der Waals surface area contributed by atoms with E-state index in [0.717, 1.165) is 26.2 Å². The molecule has 1 fully saturated rings. The van der Waals surface area contributed by atoms with Gasteiger partial charge in [0.1, 0.15) is 0 Å². The second kappa shape index (κ2) is 4.80. The van der Waals surface area contributed by atoms with Crippen LogP contribution in [0.2, 0.25) is 0 Å². The molecule has 0 saturated carbocycles. The van der Waals surface area contributed by atoms with Gasteiger partial charge in [-0.3, -0.25) is 0 Å². The van der Waals surface area contributed by atoms with Crippen molar-refractivity contribution >= 4 is 0 Å². The SMILES string of the molecule is CC(C)N(C)CCOC1CNC1. The van der Waals surface area contributed by atoms with E-state index in [2.05, 4.69) is 31.1 Å². The fourth-order valence-electron chi connectivity index (χ4n) is 1.00. The maximum atomic E-state index is 5.59. The maximum absolute atomic E-state index is 5.59. The highest BCUT2D eigenvalue weighted by atomic mass is 16.5. The Morgan fingerprint density at radius 1 is 1.50 bits per heavy atom. The molecule has 0 aromatic rings. The molecule has 1 N–H and O–H groups in total. The van der Waals surface area contributed by atoms with Crippen molar-refractivity contribution in [2.75, 3.05) is 33.3 Å². The molecule has 0 atom stereocenters. The summed E-state index contributed by atoms with van der Waals surface area (Å²) in [4.78, 5) is 2.30. The summed E-state index contributed by atoms with van der Waals surface area (Å²) in [6, 6.07) is 0.619. The van der Waals surface area contributed by atoms with Crippen molar-refractivity contribution in [2.45, 2.75) is 26.0 Å². The molecule has 1 aliphatic heterocycles. The Bertz CT molecular complexity index is 124. The van der Waals surface area contributed by atoms with Crippen LogP contribution in [0.5, 0.6) is 0 Å². The molecule has 3 nitrogen and oxygen atoms in total. The Morgan fingerprint density at radius 3 is 2.58 bits per heavy atom. The highest BCUT2D eigenvalue weighted by molar-refractivity contribution is 4.74. The highest BCUT2D eigenvalue weighted by Gasteiger charge is 2.16. The fraction of sp³-hybridized carbons (Fsp3) is 1.00. The summed E-state index contributed by atoms with van der Waals surface area (Å²) in [7, 11) is 2.13. The van der Waals surface area contributed by atoms with Gasteiger partial charge in [0.15, 0.2) is 0 Å². The van der Waals surface area contributed by atoms with Gasteiger partial charge in [0.05, 0.1) is 12.7 Å². The maximum Gasteiger partial charge on any atom is 0.0824 e. The number of nitrogens with zero attached hydrogens (tertiary/aromatic N) is 1. The molecule has 1 rings (SSSR count). The summed E-state index contributed by atoms with van der Waals surface area (Å²) >= 11 is 0. The van der Waals surface area contributed by atoms with Crippen molar-refractivity contribution in [1.82, 2.24) is 10.2 Å². The third-order valence-electron chi connectivity index (χ3n) is 2.42. The van der Waals surface area contributed by atoms with E-state index in [0.29, 0.717) is 12.1 Å². The minimum absolute atomic E-state index is 0.477. The lowest BCUT2D eigenvalue weighted by Crippen LogP contribution is -2.49. The van der Waals surface area contributed by atoms with Crippen molar-refractivity contribution in [1.29, 1.82) is 0 Å². The predicted octanol–water partition coefficient (Wildman–Crippen LogP) is 0.315. The Kier molecular flexibility index (Phi) is 3.98. The monoisotopic (exact) mass is 172 g/mol. The molecule has 0 aromatic carbocycles. The van der Waals surface area contributed by atoms with Crippen LogP contribution >= 0.6 is 0 Å². The molecule has 0 aromatic heterocycles. The molecule has 0 aliphatic carbocycles. The van der Waals surface area contributed by atoms with Crippen LogP contribution in [-0.2, 0) is 4.74 Å². The lowest BCUT2D eigenvalue weighted by molar-refractivity contribution is 0.00756. The smallest absolute Gasteiger partial charge is 0.0824 e. The Morgan fingerprint density at radius 2 is 2.17 bits per heavy atom. The quantitative estimate of drug-likeness (QED) is 0.646. The molecule has 0 unspecified atom stereocenters. The van der Waals surface area contributed by atoms with Crippen molar-refractivity contribution in [3.05, 3.63) is 0 Å². The van der Waals surface area contributed by atoms with Crippen LogP contribution in [0.25, 0.3) is 0 Å². The number of hydrogen-bond donors (Lipinski definition) is 1. The van der Waals surface area contributed by atoms with Gasteiger partial charge >= 0.3 is 0 Å². The summed E-state index contributed by atoms with van der Waals surface area (Å²) in [5.41, 5.74) is 0. The first-order chi connectivity index (χ1) is 5.70. The summed E-state index contributed by atoms with van der Waals surface area (Å²) < 4.78 is 5.59. The average Bonchev–Trinajstić information content (AvgIpc) is 1.93. The molecule has 1 aliphatic rings. The van der Waals surface area contributed by atoms with E-state index in [-0.39, 0.29) is 0 Å². The first kappa shape index (κ1) is 9.96. The molecule has 72 valence electrons. The summed E-state index contributed by atoms with van der Waals surface area (Å²) in [5.74, 6) is 0. The first-order valence-corrected chi connectivity index (χ1v) is 4.72. The van der Waals surface area contributed by atoms with Crippen molar-refractivity contribution in [2.24, 2.45) is 0 Å². The van der Waals surface area contributed by atoms with E-state index in [9.17, 15) is 0 Å². The van der Waals surface area contributed by atoms with E-state index in [1.54, 1.807) is 0 Å². The second-order valence-corrected chi connectivity index (χ2v) is 3.73. The standard InChI is InChI=1S/C9H20N2O/c1-8(2)11(3)4-5-12-9-6-10-7-9/h8-10H,4-7H2,1-3H3. The molecule has 3 heteroatoms. The third-order valence-corrected chi connectivity index (χ3v) is 2.42. The number of rotatable bonds is 5. The van der Waals surface area contributed by atoms with Gasteiger partial charge in [-0.15, -0.1) is 0 Å². The van der Waals surface area contributed by atoms with E-state index >= 15 is 0 Å². The topological polar surface area (TPSA) is 24.5 Å². The van der Waals surface area contributed by atoms with Gasteiger partial charge in [-0.1, -0.05) is 0 Å². The summed E-state index contributed by atoms with van der Waals surface area (Å²) in [5, 5.41) is 3.18. The van der Waals surface area contributed by atoms with Crippen molar-refractivity contribution in [3.8, 4) is 0 Å². The van der Waals surface area contributed by atoms with Crippen LogP contribution in [0.3, 0.4) is 0 Å². The van der Waals surface area contributed by atoms with Gasteiger partial charge < -0.3 is 15.0 Å². The molecule has 1 heterocycles. The van der Waals surface area contributed by atoms with E-state index in [1.165, 1.54) is 0 Å². The van der Waals surface area contributed by atoms with E-state index in [1.807, 2.05) is 0 Å². The zero-order valence-electron chi connectivity index (χ0n) is 8.34. The molecular weight excluding hydrogens is 152 g/mol. The number of likely N-dealkylation sites (N-methyl/N-ethyl adjacent to an activating group) is 1. The van der Waals surface area contributed by atoms with Crippen LogP contribution in [0.15, 0.2) is 0 Å². The molecule has 0 radical (unpaired) electrons. The van der Waals surface area contributed by atoms with Gasteiger partial charge in [0.2, 0.25) is 0 Å². The van der Waals surface area contributed by atoms with Gasteiger partial charge in [-0.2, -0.15) is 0 Å². The number of nitrogens with one attached hydrogen (secondary N) is 1. The van der Waals surface area contributed by atoms with Crippen LogP contribution < -0.4 is 5.32 Å². The van der Waals surface area contributed by atoms with Crippen LogP contribution in [0.4, 0.5) is 0 Å². The van der Waals surface area contributed by atoms with Crippen LogP contribution in [0, 0.1) is 0 Å².